The van der Waals surface area contributed by atoms with Crippen LogP contribution in [0, 0.1) is 5.92 Å². The van der Waals surface area contributed by atoms with Crippen LogP contribution in [0.3, 0.4) is 0 Å². The Hall–Kier alpha value is -2.57. The second-order valence-electron chi connectivity index (χ2n) is 8.83. The minimum absolute atomic E-state index is 0.0955. The molecule has 2 aromatic carbocycles. The Morgan fingerprint density at radius 3 is 2.53 bits per heavy atom. The number of nitrogens with zero attached hydrogens (tertiary/aromatic N) is 2. The topological polar surface area (TPSA) is 75.1 Å². The molecule has 178 valence electrons. The SMILES string of the molecule is CSc1ccc(C(CC2CCCCCC2)C(=O)Nc2cnc(-c3ccccc3O)cn2)cc1Cl. The molecular formula is C27H30ClN3O2S. The van der Waals surface area contributed by atoms with Crippen LogP contribution < -0.4 is 5.32 Å². The number of thioether (sulfide) groups is 1. The van der Waals surface area contributed by atoms with Gasteiger partial charge in [-0.15, -0.1) is 11.8 Å². The molecule has 3 aromatic rings. The fourth-order valence-corrected chi connectivity index (χ4v) is 5.54. The molecule has 1 heterocycles. The van der Waals surface area contributed by atoms with Gasteiger partial charge in [0.1, 0.15) is 5.75 Å². The van der Waals surface area contributed by atoms with E-state index in [2.05, 4.69) is 15.3 Å². The molecule has 1 aliphatic rings. The number of para-hydroxylation sites is 1. The molecule has 1 amide bonds. The van der Waals surface area contributed by atoms with Crippen molar-refractivity contribution in [3.8, 4) is 17.0 Å². The maximum Gasteiger partial charge on any atom is 0.233 e. The highest BCUT2D eigenvalue weighted by atomic mass is 35.5. The monoisotopic (exact) mass is 495 g/mol. The molecule has 5 nitrogen and oxygen atoms in total. The van der Waals surface area contributed by atoms with Gasteiger partial charge in [0.25, 0.3) is 0 Å². The van der Waals surface area contributed by atoms with Crippen LogP contribution in [0.5, 0.6) is 5.75 Å². The van der Waals surface area contributed by atoms with Crippen molar-refractivity contribution in [1.29, 1.82) is 0 Å². The molecule has 1 aromatic heterocycles. The van der Waals surface area contributed by atoms with Gasteiger partial charge < -0.3 is 10.4 Å². The lowest BCUT2D eigenvalue weighted by molar-refractivity contribution is -0.118. The molecule has 7 heteroatoms. The zero-order chi connectivity index (χ0) is 23.9. The van der Waals surface area contributed by atoms with Crippen molar-refractivity contribution in [3.05, 3.63) is 65.4 Å². The van der Waals surface area contributed by atoms with E-state index < -0.39 is 0 Å². The predicted octanol–water partition coefficient (Wildman–Crippen LogP) is 7.31. The fraction of sp³-hybridized carbons (Fsp3) is 0.370. The Balaban J connectivity index is 1.54. The average molecular weight is 496 g/mol. The van der Waals surface area contributed by atoms with E-state index in [0.29, 0.717) is 28.0 Å². The number of rotatable bonds is 7. The highest BCUT2D eigenvalue weighted by molar-refractivity contribution is 7.98. The van der Waals surface area contributed by atoms with Gasteiger partial charge in [0, 0.05) is 10.5 Å². The number of carbonyl (C=O) groups is 1. The minimum atomic E-state index is -0.309. The lowest BCUT2D eigenvalue weighted by Crippen LogP contribution is -2.24. The van der Waals surface area contributed by atoms with Crippen molar-refractivity contribution in [1.82, 2.24) is 9.97 Å². The molecule has 1 atom stereocenters. The number of aromatic nitrogens is 2. The number of phenolic OH excluding ortho intramolecular Hbond substituents is 1. The number of hydrogen-bond donors (Lipinski definition) is 2. The highest BCUT2D eigenvalue weighted by Crippen LogP contribution is 2.36. The minimum Gasteiger partial charge on any atom is -0.507 e. The largest absolute Gasteiger partial charge is 0.507 e. The van der Waals surface area contributed by atoms with Crippen LogP contribution >= 0.6 is 23.4 Å². The number of benzene rings is 2. The van der Waals surface area contributed by atoms with Crippen molar-refractivity contribution in [2.45, 2.75) is 55.8 Å². The van der Waals surface area contributed by atoms with Crippen molar-refractivity contribution < 1.29 is 9.90 Å². The number of anilines is 1. The number of hydrogen-bond acceptors (Lipinski definition) is 5. The Morgan fingerprint density at radius 1 is 1.12 bits per heavy atom. The zero-order valence-electron chi connectivity index (χ0n) is 19.3. The van der Waals surface area contributed by atoms with Crippen LogP contribution in [0.2, 0.25) is 5.02 Å². The molecule has 1 aliphatic carbocycles. The van der Waals surface area contributed by atoms with Gasteiger partial charge in [-0.1, -0.05) is 68.3 Å². The summed E-state index contributed by atoms with van der Waals surface area (Å²) < 4.78 is 0. The van der Waals surface area contributed by atoms with Gasteiger partial charge in [-0.3, -0.25) is 9.78 Å². The molecule has 2 N–H and O–H groups in total. The zero-order valence-corrected chi connectivity index (χ0v) is 20.9. The van der Waals surface area contributed by atoms with E-state index in [1.165, 1.54) is 31.9 Å². The second-order valence-corrected chi connectivity index (χ2v) is 10.1. The van der Waals surface area contributed by atoms with E-state index in [-0.39, 0.29) is 17.6 Å². The third-order valence-corrected chi connectivity index (χ3v) is 7.74. The normalized spacial score (nSPS) is 15.5. The van der Waals surface area contributed by atoms with E-state index in [1.807, 2.05) is 30.5 Å². The van der Waals surface area contributed by atoms with Crippen LogP contribution in [-0.4, -0.2) is 27.2 Å². The molecule has 0 radical (unpaired) electrons. The summed E-state index contributed by atoms with van der Waals surface area (Å²) in [4.78, 5) is 23.3. The van der Waals surface area contributed by atoms with Crippen LogP contribution in [0.1, 0.15) is 56.4 Å². The first-order chi connectivity index (χ1) is 16.5. The molecule has 0 bridgehead atoms. The van der Waals surface area contributed by atoms with Gasteiger partial charge in [-0.25, -0.2) is 4.98 Å². The summed E-state index contributed by atoms with van der Waals surface area (Å²) in [5.74, 6) is 0.647. The molecule has 0 saturated heterocycles. The molecule has 0 spiro atoms. The number of halogens is 1. The van der Waals surface area contributed by atoms with Crippen LogP contribution in [0.15, 0.2) is 59.8 Å². The standard InChI is InChI=1S/C27H30ClN3O2S/c1-34-25-13-12-19(15-22(25)28)21(14-18-8-4-2-3-5-9-18)27(33)31-26-17-29-23(16-30-26)20-10-6-7-11-24(20)32/h6-7,10-13,15-18,21,32H,2-5,8-9,14H2,1H3,(H,30,31,33). The number of aromatic hydroxyl groups is 1. The number of nitrogens with one attached hydrogen (secondary N) is 1. The quantitative estimate of drug-likeness (QED) is 0.265. The van der Waals surface area contributed by atoms with Crippen LogP contribution in [0.4, 0.5) is 5.82 Å². The molecule has 34 heavy (non-hydrogen) atoms. The van der Waals surface area contributed by atoms with E-state index in [4.69, 9.17) is 11.6 Å². The first kappa shape index (κ1) is 24.6. The van der Waals surface area contributed by atoms with Gasteiger partial charge in [-0.05, 0) is 48.4 Å². The van der Waals surface area contributed by atoms with Gasteiger partial charge in [-0.2, -0.15) is 0 Å². The lowest BCUT2D eigenvalue weighted by atomic mass is 9.84. The Bertz CT molecular complexity index is 1120. The van der Waals surface area contributed by atoms with Crippen molar-refractivity contribution >= 4 is 35.1 Å². The molecule has 0 aliphatic heterocycles. The van der Waals surface area contributed by atoms with Crippen molar-refractivity contribution in [2.75, 3.05) is 11.6 Å². The summed E-state index contributed by atoms with van der Waals surface area (Å²) in [6.45, 7) is 0. The Morgan fingerprint density at radius 2 is 1.88 bits per heavy atom. The maximum absolute atomic E-state index is 13.5. The smallest absolute Gasteiger partial charge is 0.233 e. The summed E-state index contributed by atoms with van der Waals surface area (Å²) in [5, 5.41) is 13.7. The van der Waals surface area contributed by atoms with Crippen LogP contribution in [-0.2, 0) is 4.79 Å². The van der Waals surface area contributed by atoms with E-state index in [9.17, 15) is 9.90 Å². The van der Waals surface area contributed by atoms with Gasteiger partial charge in [0.15, 0.2) is 5.82 Å². The predicted molar refractivity (Wildman–Crippen MR) is 140 cm³/mol. The van der Waals surface area contributed by atoms with Gasteiger partial charge in [0.05, 0.1) is 29.0 Å². The van der Waals surface area contributed by atoms with E-state index in [1.54, 1.807) is 36.2 Å². The van der Waals surface area contributed by atoms with Gasteiger partial charge in [0.2, 0.25) is 5.91 Å². The summed E-state index contributed by atoms with van der Waals surface area (Å²) in [7, 11) is 0. The molecule has 1 saturated carbocycles. The first-order valence-corrected chi connectivity index (χ1v) is 13.4. The summed E-state index contributed by atoms with van der Waals surface area (Å²) >= 11 is 8.10. The number of amides is 1. The van der Waals surface area contributed by atoms with Crippen molar-refractivity contribution in [2.24, 2.45) is 5.92 Å². The highest BCUT2D eigenvalue weighted by Gasteiger charge is 2.26. The summed E-state index contributed by atoms with van der Waals surface area (Å²) in [6, 6.07) is 12.9. The average Bonchev–Trinajstić information content (AvgIpc) is 3.12. The number of phenols is 1. The van der Waals surface area contributed by atoms with Crippen LogP contribution in [0.25, 0.3) is 11.3 Å². The fourth-order valence-electron chi connectivity index (χ4n) is 4.66. The third kappa shape index (κ3) is 6.10. The molecule has 4 rings (SSSR count). The third-order valence-electron chi connectivity index (χ3n) is 6.52. The maximum atomic E-state index is 13.5. The Kier molecular flexibility index (Phi) is 8.46. The lowest BCUT2D eigenvalue weighted by Gasteiger charge is -2.23. The van der Waals surface area contributed by atoms with E-state index in [0.717, 1.165) is 29.7 Å². The van der Waals surface area contributed by atoms with Crippen molar-refractivity contribution in [3.63, 3.8) is 0 Å². The summed E-state index contributed by atoms with van der Waals surface area (Å²) in [5.41, 5.74) is 2.08. The molecule has 1 fully saturated rings. The second kappa shape index (κ2) is 11.7. The molecular weight excluding hydrogens is 466 g/mol. The Labute approximate surface area is 210 Å². The van der Waals surface area contributed by atoms with Gasteiger partial charge >= 0.3 is 0 Å². The number of carbonyl (C=O) groups excluding carboxylic acids is 1. The summed E-state index contributed by atoms with van der Waals surface area (Å²) in [6.07, 6.45) is 13.2. The molecule has 1 unspecified atom stereocenters. The van der Waals surface area contributed by atoms with E-state index >= 15 is 0 Å². The first-order valence-electron chi connectivity index (χ1n) is 11.8.